The van der Waals surface area contributed by atoms with Crippen molar-refractivity contribution in [3.05, 3.63) is 54.6 Å². The summed E-state index contributed by atoms with van der Waals surface area (Å²) in [5, 5.41) is 2.88. The van der Waals surface area contributed by atoms with E-state index in [2.05, 4.69) is 14.9 Å². The molecule has 1 unspecified atom stereocenters. The lowest BCUT2D eigenvalue weighted by atomic mass is 10.0. The smallest absolute Gasteiger partial charge is 0.241 e. The standard InChI is InChI=1S/C22H31N3O4S/c1-16(2)21(24-30(27,28)20-13-11-19(29-5)12-14-20)22(26)23-15-17(3)25(4)18-9-7-6-8-10-18/h6-14,16-17,21,24H,15H2,1-5H3,(H,23,26)/t17?,21-/m0/s1. The highest BCUT2D eigenvalue weighted by Gasteiger charge is 2.28. The third-order valence-electron chi connectivity index (χ3n) is 5.00. The van der Waals surface area contributed by atoms with Gasteiger partial charge in [-0.05, 0) is 49.2 Å². The lowest BCUT2D eigenvalue weighted by molar-refractivity contribution is -0.123. The van der Waals surface area contributed by atoms with Crippen LogP contribution in [0.3, 0.4) is 0 Å². The van der Waals surface area contributed by atoms with Crippen LogP contribution in [0, 0.1) is 5.92 Å². The maximum Gasteiger partial charge on any atom is 0.241 e. The van der Waals surface area contributed by atoms with Crippen LogP contribution in [0.4, 0.5) is 5.69 Å². The molecule has 0 heterocycles. The van der Waals surface area contributed by atoms with Gasteiger partial charge in [-0.3, -0.25) is 4.79 Å². The lowest BCUT2D eigenvalue weighted by Crippen LogP contribution is -2.51. The van der Waals surface area contributed by atoms with E-state index in [0.29, 0.717) is 12.3 Å². The minimum atomic E-state index is -3.85. The Balaban J connectivity index is 2.03. The average molecular weight is 434 g/mol. The first-order valence-electron chi connectivity index (χ1n) is 9.87. The molecule has 0 radical (unpaired) electrons. The fourth-order valence-corrected chi connectivity index (χ4v) is 4.24. The van der Waals surface area contributed by atoms with Crippen LogP contribution in [0.25, 0.3) is 0 Å². The summed E-state index contributed by atoms with van der Waals surface area (Å²) in [5.74, 6) is -0.0146. The summed E-state index contributed by atoms with van der Waals surface area (Å²) >= 11 is 0. The van der Waals surface area contributed by atoms with Crippen molar-refractivity contribution in [3.63, 3.8) is 0 Å². The fraction of sp³-hybridized carbons (Fsp3) is 0.409. The number of hydrogen-bond donors (Lipinski definition) is 2. The second kappa shape index (κ2) is 10.4. The van der Waals surface area contributed by atoms with Crippen LogP contribution < -0.4 is 19.7 Å². The Bertz CT molecular complexity index is 915. The third-order valence-corrected chi connectivity index (χ3v) is 6.45. The van der Waals surface area contributed by atoms with Crippen molar-refractivity contribution < 1.29 is 17.9 Å². The van der Waals surface area contributed by atoms with Crippen LogP contribution in [0.15, 0.2) is 59.5 Å². The normalized spacial score (nSPS) is 13.5. The number of para-hydroxylation sites is 1. The molecule has 0 saturated heterocycles. The summed E-state index contributed by atoms with van der Waals surface area (Å²) < 4.78 is 33.1. The van der Waals surface area contributed by atoms with Gasteiger partial charge in [0.05, 0.1) is 12.0 Å². The van der Waals surface area contributed by atoms with Gasteiger partial charge in [0, 0.05) is 25.3 Å². The van der Waals surface area contributed by atoms with Crippen molar-refractivity contribution >= 4 is 21.6 Å². The summed E-state index contributed by atoms with van der Waals surface area (Å²) in [4.78, 5) is 14.9. The number of likely N-dealkylation sites (N-methyl/N-ethyl adjacent to an activating group) is 1. The molecular formula is C22H31N3O4S. The molecular weight excluding hydrogens is 402 g/mol. The van der Waals surface area contributed by atoms with Gasteiger partial charge in [-0.25, -0.2) is 8.42 Å². The number of methoxy groups -OCH3 is 1. The Morgan fingerprint density at radius 1 is 1.03 bits per heavy atom. The molecule has 0 aliphatic rings. The maximum atomic E-state index is 12.8. The minimum absolute atomic E-state index is 0.0300. The highest BCUT2D eigenvalue weighted by Crippen LogP contribution is 2.17. The lowest BCUT2D eigenvalue weighted by Gasteiger charge is -2.28. The Kier molecular flexibility index (Phi) is 8.25. The van der Waals surface area contributed by atoms with E-state index < -0.39 is 16.1 Å². The number of nitrogens with zero attached hydrogens (tertiary/aromatic N) is 1. The maximum absolute atomic E-state index is 12.8. The van der Waals surface area contributed by atoms with Gasteiger partial charge in [0.1, 0.15) is 11.8 Å². The Morgan fingerprint density at radius 2 is 1.63 bits per heavy atom. The molecule has 2 N–H and O–H groups in total. The fourth-order valence-electron chi connectivity index (χ4n) is 2.90. The van der Waals surface area contributed by atoms with E-state index >= 15 is 0 Å². The molecule has 30 heavy (non-hydrogen) atoms. The highest BCUT2D eigenvalue weighted by molar-refractivity contribution is 7.89. The Morgan fingerprint density at radius 3 is 2.17 bits per heavy atom. The van der Waals surface area contributed by atoms with Crippen molar-refractivity contribution in [2.45, 2.75) is 37.8 Å². The second-order valence-corrected chi connectivity index (χ2v) is 9.27. The molecule has 1 amide bonds. The average Bonchev–Trinajstić information content (AvgIpc) is 2.75. The number of carbonyl (C=O) groups excluding carboxylic acids is 1. The number of rotatable bonds is 10. The van der Waals surface area contributed by atoms with Gasteiger partial charge < -0.3 is 15.0 Å². The topological polar surface area (TPSA) is 87.7 Å². The van der Waals surface area contributed by atoms with E-state index in [-0.39, 0.29) is 22.8 Å². The molecule has 2 atom stereocenters. The molecule has 0 spiro atoms. The molecule has 0 aliphatic heterocycles. The number of ether oxygens (including phenoxy) is 1. The predicted molar refractivity (Wildman–Crippen MR) is 119 cm³/mol. The first kappa shape index (κ1) is 23.7. The van der Waals surface area contributed by atoms with Gasteiger partial charge in [0.15, 0.2) is 0 Å². The first-order valence-corrected chi connectivity index (χ1v) is 11.4. The van der Waals surface area contributed by atoms with Crippen LogP contribution in [-0.2, 0) is 14.8 Å². The van der Waals surface area contributed by atoms with Gasteiger partial charge in [0.2, 0.25) is 15.9 Å². The van der Waals surface area contributed by atoms with Crippen molar-refractivity contribution in [2.75, 3.05) is 25.6 Å². The Hall–Kier alpha value is -2.58. The van der Waals surface area contributed by atoms with Crippen molar-refractivity contribution in [1.29, 1.82) is 0 Å². The number of hydrogen-bond acceptors (Lipinski definition) is 5. The van der Waals surface area contributed by atoms with Crippen molar-refractivity contribution in [2.24, 2.45) is 5.92 Å². The number of benzene rings is 2. The Labute approximate surface area is 179 Å². The van der Waals surface area contributed by atoms with E-state index in [1.54, 1.807) is 26.0 Å². The summed E-state index contributed by atoms with van der Waals surface area (Å²) in [5.41, 5.74) is 1.04. The summed E-state index contributed by atoms with van der Waals surface area (Å²) in [6.07, 6.45) is 0. The predicted octanol–water partition coefficient (Wildman–Crippen LogP) is 2.64. The van der Waals surface area contributed by atoms with Gasteiger partial charge in [-0.2, -0.15) is 4.72 Å². The SMILES string of the molecule is COc1ccc(S(=O)(=O)N[C@H](C(=O)NCC(C)N(C)c2ccccc2)C(C)C)cc1. The number of sulfonamides is 1. The zero-order chi connectivity index (χ0) is 22.3. The molecule has 8 heteroatoms. The molecule has 7 nitrogen and oxygen atoms in total. The van der Waals surface area contributed by atoms with E-state index in [9.17, 15) is 13.2 Å². The van der Waals surface area contributed by atoms with E-state index in [1.807, 2.05) is 44.3 Å². The van der Waals surface area contributed by atoms with E-state index in [0.717, 1.165) is 5.69 Å². The van der Waals surface area contributed by atoms with E-state index in [1.165, 1.54) is 19.2 Å². The van der Waals surface area contributed by atoms with Crippen LogP contribution >= 0.6 is 0 Å². The van der Waals surface area contributed by atoms with Crippen LogP contribution in [0.1, 0.15) is 20.8 Å². The monoisotopic (exact) mass is 433 g/mol. The molecule has 0 aromatic heterocycles. The first-order chi connectivity index (χ1) is 14.2. The molecule has 0 fully saturated rings. The second-order valence-electron chi connectivity index (χ2n) is 7.56. The van der Waals surface area contributed by atoms with Crippen LogP contribution in [0.2, 0.25) is 0 Å². The van der Waals surface area contributed by atoms with Gasteiger partial charge >= 0.3 is 0 Å². The third kappa shape index (κ3) is 6.21. The highest BCUT2D eigenvalue weighted by atomic mass is 32.2. The molecule has 0 bridgehead atoms. The quantitative estimate of drug-likeness (QED) is 0.601. The van der Waals surface area contributed by atoms with Gasteiger partial charge in [-0.15, -0.1) is 0 Å². The number of amides is 1. The van der Waals surface area contributed by atoms with E-state index in [4.69, 9.17) is 4.74 Å². The molecule has 2 aromatic carbocycles. The van der Waals surface area contributed by atoms with Crippen LogP contribution in [-0.4, -0.2) is 47.1 Å². The number of carbonyl (C=O) groups is 1. The molecule has 0 saturated carbocycles. The molecule has 2 aromatic rings. The van der Waals surface area contributed by atoms with Gasteiger partial charge in [0.25, 0.3) is 0 Å². The summed E-state index contributed by atoms with van der Waals surface area (Å²) in [6, 6.07) is 15.1. The molecule has 164 valence electrons. The van der Waals surface area contributed by atoms with Gasteiger partial charge in [-0.1, -0.05) is 32.0 Å². The van der Waals surface area contributed by atoms with Crippen molar-refractivity contribution in [1.82, 2.24) is 10.0 Å². The van der Waals surface area contributed by atoms with Crippen LogP contribution in [0.5, 0.6) is 5.75 Å². The number of anilines is 1. The zero-order valence-corrected chi connectivity index (χ0v) is 18.9. The largest absolute Gasteiger partial charge is 0.497 e. The summed E-state index contributed by atoms with van der Waals surface area (Å²) in [7, 11) is -0.381. The number of nitrogens with one attached hydrogen (secondary N) is 2. The molecule has 2 rings (SSSR count). The van der Waals surface area contributed by atoms with Crippen molar-refractivity contribution in [3.8, 4) is 5.75 Å². The molecule has 0 aliphatic carbocycles. The zero-order valence-electron chi connectivity index (χ0n) is 18.1. The minimum Gasteiger partial charge on any atom is -0.497 e. The summed E-state index contributed by atoms with van der Waals surface area (Å²) in [6.45, 7) is 6.00.